The number of aryl methyl sites for hydroxylation is 1. The van der Waals surface area contributed by atoms with Crippen LogP contribution < -0.4 is 4.90 Å². The van der Waals surface area contributed by atoms with Crippen LogP contribution in [0.2, 0.25) is 0 Å². The van der Waals surface area contributed by atoms with Crippen LogP contribution in [-0.2, 0) is 24.2 Å². The predicted octanol–water partition coefficient (Wildman–Crippen LogP) is 2.80. The Bertz CT molecular complexity index is 734. The summed E-state index contributed by atoms with van der Waals surface area (Å²) in [6, 6.07) is 8.79. The molecule has 5 heteroatoms. The summed E-state index contributed by atoms with van der Waals surface area (Å²) in [4.78, 5) is 13.3. The molecule has 1 N–H and O–H groups in total. The van der Waals surface area contributed by atoms with E-state index < -0.39 is 5.97 Å². The van der Waals surface area contributed by atoms with E-state index in [1.165, 1.54) is 24.1 Å². The molecule has 120 valence electrons. The van der Waals surface area contributed by atoms with Crippen molar-refractivity contribution >= 4 is 11.7 Å². The molecule has 0 spiro atoms. The van der Waals surface area contributed by atoms with Crippen molar-refractivity contribution in [1.29, 1.82) is 0 Å². The second-order valence-electron chi connectivity index (χ2n) is 6.58. The van der Waals surface area contributed by atoms with Gasteiger partial charge in [-0.15, -0.1) is 0 Å². The van der Waals surface area contributed by atoms with Crippen molar-refractivity contribution in [3.63, 3.8) is 0 Å². The number of nitrogens with zero attached hydrogens (tertiary/aromatic N) is 3. The Morgan fingerprint density at radius 1 is 1.30 bits per heavy atom. The molecule has 0 saturated heterocycles. The Morgan fingerprint density at radius 2 is 2.17 bits per heavy atom. The van der Waals surface area contributed by atoms with E-state index in [-0.39, 0.29) is 6.42 Å². The van der Waals surface area contributed by atoms with Crippen LogP contribution in [0, 0.1) is 0 Å². The van der Waals surface area contributed by atoms with Crippen LogP contribution in [0.25, 0.3) is 0 Å². The minimum Gasteiger partial charge on any atom is -0.481 e. The summed E-state index contributed by atoms with van der Waals surface area (Å²) in [6.07, 6.45) is 6.85. The maximum absolute atomic E-state index is 11.0. The smallest absolute Gasteiger partial charge is 0.307 e. The number of carboxylic acids is 1. The predicted molar refractivity (Wildman–Crippen MR) is 87.7 cm³/mol. The van der Waals surface area contributed by atoms with Gasteiger partial charge in [0.1, 0.15) is 0 Å². The molecule has 2 heterocycles. The van der Waals surface area contributed by atoms with Crippen molar-refractivity contribution in [2.75, 3.05) is 11.4 Å². The summed E-state index contributed by atoms with van der Waals surface area (Å²) in [5.74, 6) is -0.782. The number of aromatic nitrogens is 2. The monoisotopic (exact) mass is 311 g/mol. The number of carbonyl (C=O) groups is 1. The molecule has 2 aliphatic rings. The first-order chi connectivity index (χ1) is 11.2. The van der Waals surface area contributed by atoms with E-state index in [1.54, 1.807) is 0 Å². The fourth-order valence-corrected chi connectivity index (χ4v) is 3.34. The van der Waals surface area contributed by atoms with E-state index in [1.807, 2.05) is 12.1 Å². The first-order valence-corrected chi connectivity index (χ1v) is 8.31. The number of hydrogen-bond donors (Lipinski definition) is 1. The summed E-state index contributed by atoms with van der Waals surface area (Å²) < 4.78 is 2.08. The zero-order valence-corrected chi connectivity index (χ0v) is 13.1. The molecule has 5 nitrogen and oxygen atoms in total. The third-order valence-corrected chi connectivity index (χ3v) is 4.66. The molecule has 0 bridgehead atoms. The summed E-state index contributed by atoms with van der Waals surface area (Å²) in [7, 11) is 0. The lowest BCUT2D eigenvalue weighted by atomic mass is 9.98. The summed E-state index contributed by atoms with van der Waals surface area (Å²) in [5.41, 5.74) is 4.45. The Morgan fingerprint density at radius 3 is 2.96 bits per heavy atom. The SMILES string of the molecule is O=C(O)Cc1ccc2c(c1)N(Cc1ccn(C3CC3)n1)CCC2. The molecular weight excluding hydrogens is 290 g/mol. The van der Waals surface area contributed by atoms with Gasteiger partial charge in [-0.05, 0) is 48.9 Å². The largest absolute Gasteiger partial charge is 0.481 e. The van der Waals surface area contributed by atoms with E-state index in [0.29, 0.717) is 6.04 Å². The zero-order valence-electron chi connectivity index (χ0n) is 13.1. The standard InChI is InChI=1S/C18H21N3O2/c22-18(23)11-13-3-4-14-2-1-8-20(17(14)10-13)12-15-7-9-21(19-15)16-5-6-16/h3-4,7,9-10,16H,1-2,5-6,8,11-12H2,(H,22,23). The van der Waals surface area contributed by atoms with E-state index in [2.05, 4.69) is 27.9 Å². The third kappa shape index (κ3) is 3.09. The van der Waals surface area contributed by atoms with Crippen molar-refractivity contribution in [2.45, 2.75) is 44.7 Å². The molecule has 23 heavy (non-hydrogen) atoms. The highest BCUT2D eigenvalue weighted by atomic mass is 16.4. The van der Waals surface area contributed by atoms with Crippen LogP contribution in [0.4, 0.5) is 5.69 Å². The van der Waals surface area contributed by atoms with Crippen molar-refractivity contribution in [2.24, 2.45) is 0 Å². The van der Waals surface area contributed by atoms with Crippen LogP contribution in [0.3, 0.4) is 0 Å². The fourth-order valence-electron chi connectivity index (χ4n) is 3.34. The van der Waals surface area contributed by atoms with Gasteiger partial charge in [0.15, 0.2) is 0 Å². The average molecular weight is 311 g/mol. The van der Waals surface area contributed by atoms with Gasteiger partial charge in [-0.3, -0.25) is 9.48 Å². The van der Waals surface area contributed by atoms with E-state index in [9.17, 15) is 4.79 Å². The molecule has 1 aliphatic heterocycles. The number of aliphatic carboxylic acids is 1. The summed E-state index contributed by atoms with van der Waals surface area (Å²) >= 11 is 0. The van der Waals surface area contributed by atoms with Crippen LogP contribution in [0.5, 0.6) is 0 Å². The third-order valence-electron chi connectivity index (χ3n) is 4.66. The maximum Gasteiger partial charge on any atom is 0.307 e. The molecule has 1 saturated carbocycles. The number of carboxylic acid groups (broad SMARTS) is 1. The molecule has 1 fully saturated rings. The second kappa shape index (κ2) is 5.72. The van der Waals surface area contributed by atoms with Crippen molar-refractivity contribution in [3.05, 3.63) is 47.3 Å². The number of anilines is 1. The summed E-state index contributed by atoms with van der Waals surface area (Å²) in [5, 5.41) is 13.7. The van der Waals surface area contributed by atoms with Crippen molar-refractivity contribution in [3.8, 4) is 0 Å². The lowest BCUT2D eigenvalue weighted by molar-refractivity contribution is -0.136. The Labute approximate surface area is 135 Å². The highest BCUT2D eigenvalue weighted by Crippen LogP contribution is 2.34. The fraction of sp³-hybridized carbons (Fsp3) is 0.444. The zero-order chi connectivity index (χ0) is 15.8. The van der Waals surface area contributed by atoms with Gasteiger partial charge >= 0.3 is 5.97 Å². The van der Waals surface area contributed by atoms with Crippen LogP contribution in [0.15, 0.2) is 30.5 Å². The lowest BCUT2D eigenvalue weighted by Gasteiger charge is -2.31. The molecule has 1 aliphatic carbocycles. The van der Waals surface area contributed by atoms with E-state index >= 15 is 0 Å². The molecule has 0 radical (unpaired) electrons. The molecule has 0 atom stereocenters. The second-order valence-corrected chi connectivity index (χ2v) is 6.58. The van der Waals surface area contributed by atoms with Gasteiger partial charge in [-0.1, -0.05) is 12.1 Å². The Kier molecular flexibility index (Phi) is 3.56. The molecule has 1 aromatic carbocycles. The van der Waals surface area contributed by atoms with Gasteiger partial charge in [-0.25, -0.2) is 0 Å². The Hall–Kier alpha value is -2.30. The minimum absolute atomic E-state index is 0.0808. The highest BCUT2D eigenvalue weighted by molar-refractivity contribution is 5.71. The van der Waals surface area contributed by atoms with E-state index in [4.69, 9.17) is 10.2 Å². The quantitative estimate of drug-likeness (QED) is 0.922. The van der Waals surface area contributed by atoms with Crippen molar-refractivity contribution in [1.82, 2.24) is 9.78 Å². The van der Waals surface area contributed by atoms with Crippen LogP contribution in [0.1, 0.15) is 42.1 Å². The van der Waals surface area contributed by atoms with Crippen LogP contribution in [-0.4, -0.2) is 27.4 Å². The molecule has 1 aromatic heterocycles. The van der Waals surface area contributed by atoms with Gasteiger partial charge < -0.3 is 10.0 Å². The van der Waals surface area contributed by atoms with E-state index in [0.717, 1.165) is 37.2 Å². The average Bonchev–Trinajstić information content (AvgIpc) is 3.27. The number of fused-ring (bicyclic) bond motifs is 1. The molecule has 0 amide bonds. The van der Waals surface area contributed by atoms with Gasteiger partial charge in [-0.2, -0.15) is 5.10 Å². The number of rotatable bonds is 5. The molecule has 0 unspecified atom stereocenters. The molecule has 2 aromatic rings. The van der Waals surface area contributed by atoms with Gasteiger partial charge in [0.05, 0.1) is 24.7 Å². The van der Waals surface area contributed by atoms with Gasteiger partial charge in [0.25, 0.3) is 0 Å². The van der Waals surface area contributed by atoms with Gasteiger partial charge in [0, 0.05) is 18.4 Å². The maximum atomic E-state index is 11.0. The van der Waals surface area contributed by atoms with Crippen LogP contribution >= 0.6 is 0 Å². The molecular formula is C18H21N3O2. The first kappa shape index (κ1) is 14.3. The lowest BCUT2D eigenvalue weighted by Crippen LogP contribution is -2.29. The van der Waals surface area contributed by atoms with Gasteiger partial charge in [0.2, 0.25) is 0 Å². The Balaban J connectivity index is 1.56. The van der Waals surface area contributed by atoms with Crippen molar-refractivity contribution < 1.29 is 9.90 Å². The number of hydrogen-bond acceptors (Lipinski definition) is 3. The molecule has 4 rings (SSSR count). The normalized spacial score (nSPS) is 17.1. The highest BCUT2D eigenvalue weighted by Gasteiger charge is 2.25. The number of benzene rings is 1. The summed E-state index contributed by atoms with van der Waals surface area (Å²) in [6.45, 7) is 1.79. The minimum atomic E-state index is -0.782. The first-order valence-electron chi connectivity index (χ1n) is 8.31. The topological polar surface area (TPSA) is 58.4 Å².